The lowest BCUT2D eigenvalue weighted by Gasteiger charge is -2.36. The van der Waals surface area contributed by atoms with Crippen LogP contribution in [-0.2, 0) is 0 Å². The second kappa shape index (κ2) is 4.84. The molecule has 1 saturated carbocycles. The molecule has 1 aromatic rings. The van der Waals surface area contributed by atoms with E-state index in [1.807, 2.05) is 0 Å². The number of nitrogens with zero attached hydrogens (tertiary/aromatic N) is 2. The van der Waals surface area contributed by atoms with Gasteiger partial charge in [0.2, 0.25) is 0 Å². The van der Waals surface area contributed by atoms with Crippen molar-refractivity contribution in [2.45, 2.75) is 43.2 Å². The van der Waals surface area contributed by atoms with Crippen LogP contribution in [0.15, 0.2) is 12.1 Å². The lowest BCUT2D eigenvalue weighted by atomic mass is 9.90. The van der Waals surface area contributed by atoms with Crippen LogP contribution in [0.2, 0.25) is 0 Å². The molecule has 0 aromatic carbocycles. The van der Waals surface area contributed by atoms with Crippen molar-refractivity contribution in [1.29, 1.82) is 0 Å². The van der Waals surface area contributed by atoms with E-state index in [4.69, 9.17) is 5.73 Å². The van der Waals surface area contributed by atoms with Gasteiger partial charge in [0.1, 0.15) is 11.8 Å². The Balaban J connectivity index is 1.98. The van der Waals surface area contributed by atoms with Crippen molar-refractivity contribution in [3.8, 4) is 0 Å². The summed E-state index contributed by atoms with van der Waals surface area (Å²) in [5, 5.41) is 10.0. The molecule has 1 unspecified atom stereocenters. The van der Waals surface area contributed by atoms with Crippen LogP contribution in [0.25, 0.3) is 0 Å². The molecule has 2 aliphatic rings. The molecule has 120 valence electrons. The fourth-order valence-corrected chi connectivity index (χ4v) is 3.52. The van der Waals surface area contributed by atoms with E-state index in [2.05, 4.69) is 4.98 Å². The van der Waals surface area contributed by atoms with Crippen LogP contribution in [0.1, 0.15) is 36.2 Å². The highest BCUT2D eigenvalue weighted by atomic mass is 19.3. The Kier molecular flexibility index (Phi) is 3.32. The Morgan fingerprint density at radius 1 is 1.36 bits per heavy atom. The van der Waals surface area contributed by atoms with Crippen molar-refractivity contribution in [1.82, 2.24) is 9.88 Å². The molecule has 8 heteroatoms. The molecule has 22 heavy (non-hydrogen) atoms. The summed E-state index contributed by atoms with van der Waals surface area (Å²) in [6.45, 7) is -0.869. The lowest BCUT2D eigenvalue weighted by Crippen LogP contribution is -2.52. The molecule has 5 nitrogen and oxygen atoms in total. The summed E-state index contributed by atoms with van der Waals surface area (Å²) >= 11 is 0. The topological polar surface area (TPSA) is 79.5 Å². The van der Waals surface area contributed by atoms with E-state index in [-0.39, 0.29) is 5.69 Å². The van der Waals surface area contributed by atoms with E-state index >= 15 is 0 Å². The smallest absolute Gasteiger partial charge is 0.292 e. The molecular weight excluding hydrogens is 299 g/mol. The highest BCUT2D eigenvalue weighted by molar-refractivity contribution is 5.93. The number of nitrogens with two attached hydrogens (primary N) is 1. The summed E-state index contributed by atoms with van der Waals surface area (Å²) < 4.78 is 41.1. The standard InChI is InChI=1S/C14H16F3N3O2/c15-8-3-4-9(19-10(8)18)11(21)20-7-14(16,17)12(22)13(20)5-1-2-6-13/h3-4,12,22H,1-2,5-7H2,(H2,18,19). The molecule has 1 amide bonds. The van der Waals surface area contributed by atoms with Gasteiger partial charge in [-0.1, -0.05) is 12.8 Å². The van der Waals surface area contributed by atoms with E-state index in [0.29, 0.717) is 25.7 Å². The first kappa shape index (κ1) is 15.1. The first-order valence-corrected chi connectivity index (χ1v) is 7.08. The number of aliphatic hydroxyl groups excluding tert-OH is 1. The molecule has 3 rings (SSSR count). The number of alkyl halides is 2. The van der Waals surface area contributed by atoms with Crippen LogP contribution < -0.4 is 5.73 Å². The van der Waals surface area contributed by atoms with E-state index < -0.39 is 41.7 Å². The molecule has 0 radical (unpaired) electrons. The van der Waals surface area contributed by atoms with Crippen LogP contribution in [0, 0.1) is 5.82 Å². The van der Waals surface area contributed by atoms with Gasteiger partial charge < -0.3 is 15.7 Å². The van der Waals surface area contributed by atoms with Gasteiger partial charge in [0.05, 0.1) is 12.1 Å². The van der Waals surface area contributed by atoms with Crippen molar-refractivity contribution >= 4 is 11.7 Å². The number of hydrogen-bond donors (Lipinski definition) is 2. The van der Waals surface area contributed by atoms with Gasteiger partial charge >= 0.3 is 0 Å². The summed E-state index contributed by atoms with van der Waals surface area (Å²) in [6.07, 6.45) is 0.0497. The van der Waals surface area contributed by atoms with Gasteiger partial charge in [-0.3, -0.25) is 4.79 Å². The Labute approximate surface area is 124 Å². The fraction of sp³-hybridized carbons (Fsp3) is 0.571. The second-order valence-corrected chi connectivity index (χ2v) is 5.93. The third kappa shape index (κ3) is 2.05. The summed E-state index contributed by atoms with van der Waals surface area (Å²) in [5.74, 6) is -5.37. The number of aromatic nitrogens is 1. The van der Waals surface area contributed by atoms with E-state index in [9.17, 15) is 23.1 Å². The Bertz CT molecular complexity index is 617. The Hall–Kier alpha value is -1.83. The number of halogens is 3. The number of aliphatic hydroxyl groups is 1. The number of carbonyl (C=O) groups excluding carboxylic acids is 1. The SMILES string of the molecule is Nc1nc(C(=O)N2CC(F)(F)C(O)C23CCCC3)ccc1F. The van der Waals surface area contributed by atoms with Crippen LogP contribution in [0.3, 0.4) is 0 Å². The summed E-state index contributed by atoms with van der Waals surface area (Å²) in [5.41, 5.74) is 3.86. The molecule has 1 aliphatic carbocycles. The predicted molar refractivity (Wildman–Crippen MR) is 71.8 cm³/mol. The largest absolute Gasteiger partial charge is 0.384 e. The maximum atomic E-state index is 14.0. The normalized spacial score (nSPS) is 25.8. The monoisotopic (exact) mass is 315 g/mol. The third-order valence-corrected chi connectivity index (χ3v) is 4.62. The fourth-order valence-electron chi connectivity index (χ4n) is 3.52. The van der Waals surface area contributed by atoms with E-state index in [1.54, 1.807) is 0 Å². The zero-order valence-electron chi connectivity index (χ0n) is 11.7. The van der Waals surface area contributed by atoms with Crippen LogP contribution >= 0.6 is 0 Å². The number of rotatable bonds is 1. The third-order valence-electron chi connectivity index (χ3n) is 4.62. The number of anilines is 1. The number of pyridine rings is 1. The van der Waals surface area contributed by atoms with Crippen LogP contribution in [0.5, 0.6) is 0 Å². The quantitative estimate of drug-likeness (QED) is 0.824. The number of nitrogen functional groups attached to an aromatic ring is 1. The van der Waals surface area contributed by atoms with Crippen molar-refractivity contribution < 1.29 is 23.1 Å². The number of likely N-dealkylation sites (tertiary alicyclic amines) is 1. The van der Waals surface area contributed by atoms with E-state index in [1.165, 1.54) is 0 Å². The molecule has 2 heterocycles. The Morgan fingerprint density at radius 3 is 2.59 bits per heavy atom. The molecule has 3 N–H and O–H groups in total. The first-order chi connectivity index (χ1) is 10.3. The minimum Gasteiger partial charge on any atom is -0.384 e. The van der Waals surface area contributed by atoms with Gasteiger partial charge in [0.15, 0.2) is 11.6 Å². The van der Waals surface area contributed by atoms with Gasteiger partial charge in [-0.15, -0.1) is 0 Å². The summed E-state index contributed by atoms with van der Waals surface area (Å²) in [7, 11) is 0. The van der Waals surface area contributed by atoms with Crippen LogP contribution in [0.4, 0.5) is 19.0 Å². The lowest BCUT2D eigenvalue weighted by molar-refractivity contribution is -0.0959. The molecule has 1 aliphatic heterocycles. The summed E-state index contributed by atoms with van der Waals surface area (Å²) in [6, 6.07) is 2.08. The number of carbonyl (C=O) groups is 1. The van der Waals surface area contributed by atoms with Gasteiger partial charge in [0.25, 0.3) is 11.8 Å². The molecule has 1 atom stereocenters. The van der Waals surface area contributed by atoms with Crippen molar-refractivity contribution in [3.63, 3.8) is 0 Å². The molecule has 1 aromatic heterocycles. The van der Waals surface area contributed by atoms with Crippen LogP contribution in [-0.4, -0.2) is 45.0 Å². The Morgan fingerprint density at radius 2 is 2.00 bits per heavy atom. The molecule has 2 fully saturated rings. The molecular formula is C14H16F3N3O2. The maximum absolute atomic E-state index is 14.0. The zero-order valence-corrected chi connectivity index (χ0v) is 11.7. The predicted octanol–water partition coefficient (Wildman–Crippen LogP) is 1.57. The highest BCUT2D eigenvalue weighted by Gasteiger charge is 2.64. The number of amides is 1. The first-order valence-electron chi connectivity index (χ1n) is 7.08. The van der Waals surface area contributed by atoms with Gasteiger partial charge in [-0.05, 0) is 25.0 Å². The minimum absolute atomic E-state index is 0.199. The van der Waals surface area contributed by atoms with Crippen molar-refractivity contribution in [2.75, 3.05) is 12.3 Å². The van der Waals surface area contributed by atoms with Gasteiger partial charge in [0, 0.05) is 0 Å². The summed E-state index contributed by atoms with van der Waals surface area (Å²) in [4.78, 5) is 17.2. The average Bonchev–Trinajstić information content (AvgIpc) is 3.02. The maximum Gasteiger partial charge on any atom is 0.292 e. The molecule has 1 spiro atoms. The molecule has 0 bridgehead atoms. The number of hydrogen-bond acceptors (Lipinski definition) is 4. The molecule has 1 saturated heterocycles. The minimum atomic E-state index is -3.37. The van der Waals surface area contributed by atoms with E-state index in [0.717, 1.165) is 17.0 Å². The van der Waals surface area contributed by atoms with Crippen molar-refractivity contribution in [3.05, 3.63) is 23.6 Å². The van der Waals surface area contributed by atoms with Gasteiger partial charge in [-0.25, -0.2) is 18.2 Å². The van der Waals surface area contributed by atoms with Gasteiger partial charge in [-0.2, -0.15) is 0 Å². The highest BCUT2D eigenvalue weighted by Crippen LogP contribution is 2.49. The van der Waals surface area contributed by atoms with Crippen molar-refractivity contribution in [2.24, 2.45) is 0 Å². The average molecular weight is 315 g/mol. The zero-order chi connectivity index (χ0) is 16.1. The second-order valence-electron chi connectivity index (χ2n) is 5.93.